The number of aliphatic hydroxyl groups is 1. The number of amides is 1. The molecule has 1 aromatic heterocycles. The molecule has 9 heteroatoms. The summed E-state index contributed by atoms with van der Waals surface area (Å²) in [6.07, 6.45) is -0.161. The first-order valence-electron chi connectivity index (χ1n) is 11.7. The summed E-state index contributed by atoms with van der Waals surface area (Å²) >= 11 is 0. The number of rotatable bonds is 10. The number of aromatic nitrogens is 1. The van der Waals surface area contributed by atoms with E-state index in [-0.39, 0.29) is 24.1 Å². The lowest BCUT2D eigenvalue weighted by Crippen LogP contribution is -2.48. The zero-order valence-corrected chi connectivity index (χ0v) is 19.7. The van der Waals surface area contributed by atoms with Gasteiger partial charge in [-0.1, -0.05) is 31.2 Å². The molecule has 0 aliphatic rings. The Morgan fingerprint density at radius 2 is 1.78 bits per heavy atom. The summed E-state index contributed by atoms with van der Waals surface area (Å²) in [6, 6.07) is 14.7. The minimum atomic E-state index is -1.07. The largest absolute Gasteiger partial charge is 0.417 e. The Morgan fingerprint density at radius 3 is 2.53 bits per heavy atom. The third-order valence-electron chi connectivity index (χ3n) is 5.92. The number of aromatic amines is 1. The standard InChI is InChI=1S/C27H27F2N3O4/c1-2-16-4-3-5-17(8-16)14-30-15-24(33)23(11-18-9-20(28)13-21(29)10-18)31-26(34)19-6-7-22-25(12-19)36-27(35)32-22/h3-10,12-13,23-24,30,33H,2,11,14-15H2,1H3,(H,31,34)(H,32,35)/t23-,24+/m0/s1. The zero-order chi connectivity index (χ0) is 25.7. The van der Waals surface area contributed by atoms with Crippen molar-refractivity contribution >= 4 is 17.0 Å². The van der Waals surface area contributed by atoms with E-state index >= 15 is 0 Å². The van der Waals surface area contributed by atoms with E-state index in [2.05, 4.69) is 28.6 Å². The summed E-state index contributed by atoms with van der Waals surface area (Å²) < 4.78 is 32.5. The van der Waals surface area contributed by atoms with Crippen LogP contribution in [-0.2, 0) is 19.4 Å². The van der Waals surface area contributed by atoms with Crippen molar-refractivity contribution in [1.29, 1.82) is 0 Å². The minimum absolute atomic E-state index is 0.00390. The normalized spacial score (nSPS) is 13.0. The highest BCUT2D eigenvalue weighted by atomic mass is 19.1. The molecule has 1 heterocycles. The molecule has 0 fully saturated rings. The molecule has 0 aliphatic heterocycles. The summed E-state index contributed by atoms with van der Waals surface area (Å²) in [4.78, 5) is 26.9. The van der Waals surface area contributed by atoms with Gasteiger partial charge in [0.05, 0.1) is 17.7 Å². The molecule has 1 amide bonds. The molecule has 0 unspecified atom stereocenters. The molecule has 7 nitrogen and oxygen atoms in total. The van der Waals surface area contributed by atoms with E-state index in [1.165, 1.54) is 35.9 Å². The number of oxazole rings is 1. The van der Waals surface area contributed by atoms with Crippen LogP contribution in [0.5, 0.6) is 0 Å². The van der Waals surface area contributed by atoms with Crippen LogP contribution in [0.3, 0.4) is 0 Å². The molecule has 0 spiro atoms. The SMILES string of the molecule is CCc1cccc(CNC[C@@H](O)[C@H](Cc2cc(F)cc(F)c2)NC(=O)c2ccc3[nH]c(=O)oc3c2)c1. The Kier molecular flexibility index (Phi) is 7.92. The van der Waals surface area contributed by atoms with Gasteiger partial charge in [-0.2, -0.15) is 0 Å². The van der Waals surface area contributed by atoms with E-state index in [9.17, 15) is 23.5 Å². The molecular weight excluding hydrogens is 468 g/mol. The third-order valence-corrected chi connectivity index (χ3v) is 5.92. The molecule has 0 aliphatic carbocycles. The van der Waals surface area contributed by atoms with E-state index in [0.717, 1.165) is 18.1 Å². The number of benzene rings is 3. The number of nitrogens with one attached hydrogen (secondary N) is 3. The number of halogens is 2. The first kappa shape index (κ1) is 25.3. The molecule has 188 valence electrons. The topological polar surface area (TPSA) is 107 Å². The van der Waals surface area contributed by atoms with Gasteiger partial charge in [0, 0.05) is 24.7 Å². The second kappa shape index (κ2) is 11.3. The molecule has 0 bridgehead atoms. The first-order valence-corrected chi connectivity index (χ1v) is 11.7. The number of hydrogen-bond acceptors (Lipinski definition) is 5. The monoisotopic (exact) mass is 495 g/mol. The molecule has 0 radical (unpaired) electrons. The fourth-order valence-electron chi connectivity index (χ4n) is 4.07. The highest BCUT2D eigenvalue weighted by Gasteiger charge is 2.23. The van der Waals surface area contributed by atoms with Gasteiger partial charge in [0.1, 0.15) is 11.6 Å². The van der Waals surface area contributed by atoms with Gasteiger partial charge in [0.15, 0.2) is 5.58 Å². The maximum absolute atomic E-state index is 13.8. The summed E-state index contributed by atoms with van der Waals surface area (Å²) in [5.74, 6) is -2.66. The van der Waals surface area contributed by atoms with Crippen molar-refractivity contribution in [2.24, 2.45) is 0 Å². The molecule has 3 aromatic carbocycles. The fourth-order valence-corrected chi connectivity index (χ4v) is 4.07. The van der Waals surface area contributed by atoms with Crippen LogP contribution in [0.15, 0.2) is 69.9 Å². The number of hydrogen-bond donors (Lipinski definition) is 4. The second-order valence-corrected chi connectivity index (χ2v) is 8.66. The average Bonchev–Trinajstić information content (AvgIpc) is 3.22. The van der Waals surface area contributed by atoms with Crippen molar-refractivity contribution in [2.75, 3.05) is 6.54 Å². The van der Waals surface area contributed by atoms with Crippen LogP contribution in [0, 0.1) is 11.6 Å². The van der Waals surface area contributed by atoms with Gasteiger partial charge < -0.3 is 20.2 Å². The van der Waals surface area contributed by atoms with Crippen LogP contribution in [0.4, 0.5) is 8.78 Å². The van der Waals surface area contributed by atoms with Crippen LogP contribution in [0.25, 0.3) is 11.1 Å². The van der Waals surface area contributed by atoms with Crippen molar-refractivity contribution in [2.45, 2.75) is 38.5 Å². The van der Waals surface area contributed by atoms with Crippen molar-refractivity contribution in [3.63, 3.8) is 0 Å². The highest BCUT2D eigenvalue weighted by molar-refractivity contribution is 5.97. The molecular formula is C27H27F2N3O4. The number of aliphatic hydroxyl groups excluding tert-OH is 1. The lowest BCUT2D eigenvalue weighted by molar-refractivity contribution is 0.0830. The average molecular weight is 496 g/mol. The van der Waals surface area contributed by atoms with E-state index < -0.39 is 35.4 Å². The van der Waals surface area contributed by atoms with Gasteiger partial charge in [-0.05, 0) is 59.9 Å². The zero-order valence-electron chi connectivity index (χ0n) is 19.7. The van der Waals surface area contributed by atoms with Crippen molar-refractivity contribution in [3.05, 3.63) is 105 Å². The van der Waals surface area contributed by atoms with Crippen molar-refractivity contribution in [1.82, 2.24) is 15.6 Å². The van der Waals surface area contributed by atoms with E-state index in [4.69, 9.17) is 4.42 Å². The maximum Gasteiger partial charge on any atom is 0.417 e. The van der Waals surface area contributed by atoms with E-state index in [1.54, 1.807) is 0 Å². The van der Waals surface area contributed by atoms with Gasteiger partial charge in [0.25, 0.3) is 5.91 Å². The van der Waals surface area contributed by atoms with Gasteiger partial charge in [-0.15, -0.1) is 0 Å². The Hall–Kier alpha value is -3.82. The summed E-state index contributed by atoms with van der Waals surface area (Å²) in [5, 5.41) is 16.9. The molecule has 4 N–H and O–H groups in total. The lowest BCUT2D eigenvalue weighted by atomic mass is 10.00. The first-order chi connectivity index (χ1) is 17.3. The smallest absolute Gasteiger partial charge is 0.408 e. The second-order valence-electron chi connectivity index (χ2n) is 8.66. The molecule has 0 saturated heterocycles. The molecule has 36 heavy (non-hydrogen) atoms. The Balaban J connectivity index is 1.49. The summed E-state index contributed by atoms with van der Waals surface area (Å²) in [5.41, 5.74) is 3.41. The lowest BCUT2D eigenvalue weighted by Gasteiger charge is -2.25. The van der Waals surface area contributed by atoms with Gasteiger partial charge >= 0.3 is 5.76 Å². The minimum Gasteiger partial charge on any atom is -0.408 e. The van der Waals surface area contributed by atoms with Crippen LogP contribution >= 0.6 is 0 Å². The molecule has 4 rings (SSSR count). The quantitative estimate of drug-likeness (QED) is 0.270. The van der Waals surface area contributed by atoms with Gasteiger partial charge in [0.2, 0.25) is 0 Å². The van der Waals surface area contributed by atoms with E-state index in [0.29, 0.717) is 17.6 Å². The van der Waals surface area contributed by atoms with Crippen LogP contribution in [0.2, 0.25) is 0 Å². The Labute approximate surface area is 206 Å². The predicted molar refractivity (Wildman–Crippen MR) is 132 cm³/mol. The summed E-state index contributed by atoms with van der Waals surface area (Å²) in [7, 11) is 0. The molecule has 4 aromatic rings. The van der Waals surface area contributed by atoms with Crippen molar-refractivity contribution < 1.29 is 23.1 Å². The number of carbonyl (C=O) groups excluding carboxylic acids is 1. The van der Waals surface area contributed by atoms with Crippen LogP contribution in [0.1, 0.15) is 34.0 Å². The summed E-state index contributed by atoms with van der Waals surface area (Å²) in [6.45, 7) is 2.70. The van der Waals surface area contributed by atoms with Crippen LogP contribution in [-0.4, -0.2) is 34.7 Å². The third kappa shape index (κ3) is 6.44. The predicted octanol–water partition coefficient (Wildman–Crippen LogP) is 3.45. The highest BCUT2D eigenvalue weighted by Crippen LogP contribution is 2.15. The number of fused-ring (bicyclic) bond motifs is 1. The van der Waals surface area contributed by atoms with Gasteiger partial charge in [-0.25, -0.2) is 13.6 Å². The number of aryl methyl sites for hydroxylation is 1. The number of H-pyrrole nitrogens is 1. The fraction of sp³-hybridized carbons (Fsp3) is 0.259. The van der Waals surface area contributed by atoms with E-state index in [1.807, 2.05) is 18.2 Å². The molecule has 2 atom stereocenters. The Bertz CT molecular complexity index is 1400. The maximum atomic E-state index is 13.8. The van der Waals surface area contributed by atoms with Crippen molar-refractivity contribution in [3.8, 4) is 0 Å². The molecule has 0 saturated carbocycles. The van der Waals surface area contributed by atoms with Gasteiger partial charge in [-0.3, -0.25) is 9.78 Å². The Morgan fingerprint density at radius 1 is 1.03 bits per heavy atom. The van der Waals surface area contributed by atoms with Crippen LogP contribution < -0.4 is 16.4 Å². The number of carbonyl (C=O) groups is 1.